The lowest BCUT2D eigenvalue weighted by Crippen LogP contribution is -2.06. The first-order valence-corrected chi connectivity index (χ1v) is 4.68. The molecule has 72 valence electrons. The molecule has 3 nitrogen and oxygen atoms in total. The molecule has 2 N–H and O–H groups in total. The molecule has 0 unspecified atom stereocenters. The summed E-state index contributed by atoms with van der Waals surface area (Å²) in [5, 5.41) is 4.77. The normalized spacial score (nSPS) is 10.4. The SMILES string of the molecule is NCc1c(Cl)cnn1-c1ccccc1. The Labute approximate surface area is 87.1 Å². The first kappa shape index (κ1) is 9.24. The predicted molar refractivity (Wildman–Crippen MR) is 56.5 cm³/mol. The molecule has 1 heterocycles. The molecule has 0 radical (unpaired) electrons. The second kappa shape index (κ2) is 3.82. The van der Waals surface area contributed by atoms with Crippen LogP contribution in [0.25, 0.3) is 5.69 Å². The summed E-state index contributed by atoms with van der Waals surface area (Å²) in [5.41, 5.74) is 7.39. The van der Waals surface area contributed by atoms with Crippen LogP contribution in [-0.2, 0) is 6.54 Å². The smallest absolute Gasteiger partial charge is 0.0835 e. The van der Waals surface area contributed by atoms with Crippen LogP contribution in [0.5, 0.6) is 0 Å². The van der Waals surface area contributed by atoms with Gasteiger partial charge in [-0.15, -0.1) is 0 Å². The van der Waals surface area contributed by atoms with Crippen LogP contribution in [0.1, 0.15) is 5.69 Å². The molecule has 0 spiro atoms. The topological polar surface area (TPSA) is 43.8 Å². The molecule has 1 aromatic heterocycles. The maximum atomic E-state index is 5.93. The molecule has 1 aromatic carbocycles. The first-order valence-electron chi connectivity index (χ1n) is 4.31. The fourth-order valence-corrected chi connectivity index (χ4v) is 1.53. The number of hydrogen-bond acceptors (Lipinski definition) is 2. The van der Waals surface area contributed by atoms with Gasteiger partial charge in [0.05, 0.1) is 22.6 Å². The van der Waals surface area contributed by atoms with Crippen molar-refractivity contribution in [3.05, 3.63) is 47.2 Å². The van der Waals surface area contributed by atoms with Gasteiger partial charge in [0.2, 0.25) is 0 Å². The summed E-state index contributed by atoms with van der Waals surface area (Å²) in [6.07, 6.45) is 1.61. The summed E-state index contributed by atoms with van der Waals surface area (Å²) >= 11 is 5.93. The van der Waals surface area contributed by atoms with Gasteiger partial charge in [0, 0.05) is 6.54 Å². The zero-order valence-corrected chi connectivity index (χ0v) is 8.28. The number of nitrogens with zero attached hydrogens (tertiary/aromatic N) is 2. The summed E-state index contributed by atoms with van der Waals surface area (Å²) in [5.74, 6) is 0. The van der Waals surface area contributed by atoms with Crippen molar-refractivity contribution in [3.63, 3.8) is 0 Å². The molecule has 2 aromatic rings. The fraction of sp³-hybridized carbons (Fsp3) is 0.100. The Kier molecular flexibility index (Phi) is 2.52. The Hall–Kier alpha value is -1.32. The van der Waals surface area contributed by atoms with Crippen molar-refractivity contribution in [3.8, 4) is 5.69 Å². The van der Waals surface area contributed by atoms with Crippen molar-refractivity contribution >= 4 is 11.6 Å². The van der Waals surface area contributed by atoms with Crippen molar-refractivity contribution in [2.24, 2.45) is 5.73 Å². The second-order valence-electron chi connectivity index (χ2n) is 2.89. The Bertz CT molecular complexity index is 422. The van der Waals surface area contributed by atoms with Crippen molar-refractivity contribution in [1.82, 2.24) is 9.78 Å². The zero-order chi connectivity index (χ0) is 9.97. The third-order valence-electron chi connectivity index (χ3n) is 2.01. The average molecular weight is 208 g/mol. The standard InChI is InChI=1S/C10H10ClN3/c11-9-7-13-14(10(9)6-12)8-4-2-1-3-5-8/h1-5,7H,6,12H2. The van der Waals surface area contributed by atoms with E-state index in [0.717, 1.165) is 11.4 Å². The lowest BCUT2D eigenvalue weighted by molar-refractivity contribution is 0.804. The van der Waals surface area contributed by atoms with Gasteiger partial charge in [0.1, 0.15) is 0 Å². The third kappa shape index (κ3) is 1.52. The Morgan fingerprint density at radius 1 is 1.29 bits per heavy atom. The van der Waals surface area contributed by atoms with Gasteiger partial charge in [-0.2, -0.15) is 5.10 Å². The van der Waals surface area contributed by atoms with Crippen molar-refractivity contribution < 1.29 is 0 Å². The second-order valence-corrected chi connectivity index (χ2v) is 3.30. The van der Waals surface area contributed by atoms with Crippen LogP contribution in [0.15, 0.2) is 36.5 Å². The molecule has 0 saturated heterocycles. The van der Waals surface area contributed by atoms with Crippen molar-refractivity contribution in [2.45, 2.75) is 6.54 Å². The van der Waals surface area contributed by atoms with Crippen LogP contribution in [0.4, 0.5) is 0 Å². The van der Waals surface area contributed by atoms with Crippen LogP contribution in [-0.4, -0.2) is 9.78 Å². The van der Waals surface area contributed by atoms with Gasteiger partial charge in [-0.05, 0) is 12.1 Å². The molecule has 0 fully saturated rings. The highest BCUT2D eigenvalue weighted by atomic mass is 35.5. The van der Waals surface area contributed by atoms with Gasteiger partial charge in [-0.3, -0.25) is 0 Å². The lowest BCUT2D eigenvalue weighted by atomic mass is 10.3. The van der Waals surface area contributed by atoms with Crippen LogP contribution < -0.4 is 5.73 Å². The largest absolute Gasteiger partial charge is 0.325 e. The maximum Gasteiger partial charge on any atom is 0.0835 e. The molecule has 0 aliphatic rings. The van der Waals surface area contributed by atoms with Crippen molar-refractivity contribution in [1.29, 1.82) is 0 Å². The monoisotopic (exact) mass is 207 g/mol. The summed E-state index contributed by atoms with van der Waals surface area (Å²) in [7, 11) is 0. The minimum atomic E-state index is 0.383. The Morgan fingerprint density at radius 2 is 2.00 bits per heavy atom. The highest BCUT2D eigenvalue weighted by Gasteiger charge is 2.07. The zero-order valence-electron chi connectivity index (χ0n) is 7.52. The van der Waals surface area contributed by atoms with E-state index in [4.69, 9.17) is 17.3 Å². The maximum absolute atomic E-state index is 5.93. The van der Waals surface area contributed by atoms with E-state index >= 15 is 0 Å². The highest BCUT2D eigenvalue weighted by Crippen LogP contribution is 2.18. The van der Waals surface area contributed by atoms with E-state index in [1.807, 2.05) is 30.3 Å². The fourth-order valence-electron chi connectivity index (χ4n) is 1.33. The van der Waals surface area contributed by atoms with Gasteiger partial charge >= 0.3 is 0 Å². The van der Waals surface area contributed by atoms with Gasteiger partial charge in [-0.25, -0.2) is 4.68 Å². The van der Waals surface area contributed by atoms with E-state index < -0.39 is 0 Å². The highest BCUT2D eigenvalue weighted by molar-refractivity contribution is 6.31. The number of nitrogens with two attached hydrogens (primary N) is 1. The van der Waals surface area contributed by atoms with E-state index in [1.54, 1.807) is 10.9 Å². The molecule has 0 saturated carbocycles. The number of aromatic nitrogens is 2. The molecule has 0 aliphatic heterocycles. The van der Waals surface area contributed by atoms with Crippen molar-refractivity contribution in [2.75, 3.05) is 0 Å². The van der Waals surface area contributed by atoms with Gasteiger partial charge < -0.3 is 5.73 Å². The molecule has 0 aliphatic carbocycles. The Morgan fingerprint density at radius 3 is 2.64 bits per heavy atom. The molecule has 14 heavy (non-hydrogen) atoms. The van der Waals surface area contributed by atoms with Crippen LogP contribution in [0.3, 0.4) is 0 Å². The number of para-hydroxylation sites is 1. The van der Waals surface area contributed by atoms with E-state index in [9.17, 15) is 0 Å². The number of benzene rings is 1. The summed E-state index contributed by atoms with van der Waals surface area (Å²) in [6, 6.07) is 9.78. The number of rotatable bonds is 2. The predicted octanol–water partition coefficient (Wildman–Crippen LogP) is 1.98. The molecule has 0 amide bonds. The minimum Gasteiger partial charge on any atom is -0.325 e. The van der Waals surface area contributed by atoms with E-state index in [1.165, 1.54) is 0 Å². The molecule has 4 heteroatoms. The number of hydrogen-bond donors (Lipinski definition) is 1. The van der Waals surface area contributed by atoms with Gasteiger partial charge in [-0.1, -0.05) is 29.8 Å². The molecule has 2 rings (SSSR count). The first-order chi connectivity index (χ1) is 6.83. The molecule has 0 atom stereocenters. The minimum absolute atomic E-state index is 0.383. The van der Waals surface area contributed by atoms with E-state index in [2.05, 4.69) is 5.10 Å². The van der Waals surface area contributed by atoms with Crippen LogP contribution in [0, 0.1) is 0 Å². The van der Waals surface area contributed by atoms with E-state index in [0.29, 0.717) is 11.6 Å². The summed E-state index contributed by atoms with van der Waals surface area (Å²) in [6.45, 7) is 0.383. The molecular weight excluding hydrogens is 198 g/mol. The van der Waals surface area contributed by atoms with Gasteiger partial charge in [0.25, 0.3) is 0 Å². The van der Waals surface area contributed by atoms with Crippen LogP contribution >= 0.6 is 11.6 Å². The molecule has 0 bridgehead atoms. The van der Waals surface area contributed by atoms with Gasteiger partial charge in [0.15, 0.2) is 0 Å². The summed E-state index contributed by atoms with van der Waals surface area (Å²) < 4.78 is 1.75. The van der Waals surface area contributed by atoms with E-state index in [-0.39, 0.29) is 0 Å². The summed E-state index contributed by atoms with van der Waals surface area (Å²) in [4.78, 5) is 0. The molecular formula is C10H10ClN3. The lowest BCUT2D eigenvalue weighted by Gasteiger charge is -2.05. The third-order valence-corrected chi connectivity index (χ3v) is 2.33. The Balaban J connectivity index is 2.52. The van der Waals surface area contributed by atoms with Crippen LogP contribution in [0.2, 0.25) is 5.02 Å². The number of halogens is 1. The average Bonchev–Trinajstić information content (AvgIpc) is 2.61. The quantitative estimate of drug-likeness (QED) is 0.819.